The largest absolute Gasteiger partial charge is 0.256 e. The normalized spacial score (nSPS) is 13.5. The van der Waals surface area contributed by atoms with E-state index in [1.165, 1.54) is 88.7 Å². The first-order valence-corrected chi connectivity index (χ1v) is 20.9. The summed E-state index contributed by atoms with van der Waals surface area (Å²) in [6.45, 7) is 0. The molecule has 11 rings (SSSR count). The summed E-state index contributed by atoms with van der Waals surface area (Å²) in [7, 11) is 6.06. The van der Waals surface area contributed by atoms with Crippen LogP contribution in [0.25, 0.3) is 77.3 Å². The highest BCUT2D eigenvalue weighted by molar-refractivity contribution is 8.33. The summed E-state index contributed by atoms with van der Waals surface area (Å²) >= 11 is 0. The SMILES string of the molecule is PPP.c1ccc2c(c1)-c1ccccc1C21c2ccccc2-c2c1cc1c(c2-c2cccc3cccnc23)-c2cccc3cccc-1c23. The number of hydrogen-bond donors (Lipinski definition) is 0. The third-order valence-corrected chi connectivity index (χ3v) is 10.7. The van der Waals surface area contributed by atoms with Crippen LogP contribution in [0.2, 0.25) is 0 Å². The van der Waals surface area contributed by atoms with Crippen molar-refractivity contribution in [3.05, 3.63) is 174 Å². The van der Waals surface area contributed by atoms with Gasteiger partial charge in [-0.25, -0.2) is 0 Å². The van der Waals surface area contributed by atoms with Gasteiger partial charge in [0.15, 0.2) is 0 Å². The van der Waals surface area contributed by atoms with E-state index in [1.54, 1.807) is 0 Å². The van der Waals surface area contributed by atoms with Gasteiger partial charge in [-0.1, -0.05) is 141 Å². The Morgan fingerprint density at radius 2 is 0.938 bits per heavy atom. The van der Waals surface area contributed by atoms with Gasteiger partial charge in [-0.2, -0.15) is 0 Å². The second-order valence-corrected chi connectivity index (χ2v) is 17.1. The summed E-state index contributed by atoms with van der Waals surface area (Å²) in [5, 5.41) is 3.80. The fourth-order valence-corrected chi connectivity index (χ4v) is 9.09. The van der Waals surface area contributed by atoms with Crippen molar-refractivity contribution in [2.75, 3.05) is 0 Å². The van der Waals surface area contributed by atoms with E-state index in [0.29, 0.717) is 0 Å². The molecule has 226 valence electrons. The molecule has 1 aromatic heterocycles. The van der Waals surface area contributed by atoms with Crippen LogP contribution in [0.15, 0.2) is 152 Å². The van der Waals surface area contributed by atoms with Crippen LogP contribution in [-0.4, -0.2) is 4.98 Å². The van der Waals surface area contributed by atoms with Crippen LogP contribution in [0, 0.1) is 0 Å². The standard InChI is InChI=1S/C44H25N.H5P3/c1-4-21-35-28(15-1)29-16-2-5-22-36(29)44(35)37-23-6-3-17-31(37)41-38(44)25-34-30-18-7-11-26-12-8-19-32(39(26)30)40(34)42(41)33-20-9-13-27-14-10-24-45-43(27)33;1-3-2/h1-25H;3H,1-2H2. The Morgan fingerprint density at radius 3 is 1.62 bits per heavy atom. The molecule has 0 aliphatic heterocycles. The van der Waals surface area contributed by atoms with Crippen LogP contribution in [0.1, 0.15) is 22.3 Å². The van der Waals surface area contributed by atoms with Crippen molar-refractivity contribution >= 4 is 47.5 Å². The number of rotatable bonds is 1. The molecule has 0 amide bonds. The Labute approximate surface area is 286 Å². The number of para-hydroxylation sites is 1. The first-order valence-electron chi connectivity index (χ1n) is 16.3. The van der Waals surface area contributed by atoms with Crippen LogP contribution in [0.3, 0.4) is 0 Å². The van der Waals surface area contributed by atoms with Gasteiger partial charge in [0, 0.05) is 22.7 Å². The second kappa shape index (κ2) is 10.8. The van der Waals surface area contributed by atoms with Gasteiger partial charge < -0.3 is 0 Å². The zero-order chi connectivity index (χ0) is 32.0. The zero-order valence-corrected chi connectivity index (χ0v) is 29.3. The van der Waals surface area contributed by atoms with E-state index in [2.05, 4.69) is 157 Å². The highest BCUT2D eigenvalue weighted by Crippen LogP contribution is 2.67. The predicted octanol–water partition coefficient (Wildman–Crippen LogP) is 12.3. The number of fused-ring (bicyclic) bond motifs is 14. The average Bonchev–Trinajstić information content (AvgIpc) is 3.74. The van der Waals surface area contributed by atoms with Gasteiger partial charge in [0.2, 0.25) is 0 Å². The Balaban J connectivity index is 0.000000952. The smallest absolute Gasteiger partial charge is 0.0780 e. The van der Waals surface area contributed by atoms with Crippen LogP contribution in [0.5, 0.6) is 0 Å². The Bertz CT molecular complexity index is 2580. The molecule has 0 saturated heterocycles. The zero-order valence-electron chi connectivity index (χ0n) is 26.0. The molecule has 0 N–H and O–H groups in total. The Kier molecular flexibility index (Phi) is 6.39. The average molecular weight is 666 g/mol. The van der Waals surface area contributed by atoms with Crippen molar-refractivity contribution < 1.29 is 0 Å². The summed E-state index contributed by atoms with van der Waals surface area (Å²) in [6, 6.07) is 54.3. The maximum absolute atomic E-state index is 5.02. The lowest BCUT2D eigenvalue weighted by molar-refractivity contribution is 0.794. The molecule has 7 aromatic carbocycles. The van der Waals surface area contributed by atoms with Gasteiger partial charge in [0.05, 0.1) is 10.9 Å². The second-order valence-electron chi connectivity index (χ2n) is 12.7. The molecule has 1 nitrogen and oxygen atoms in total. The fraction of sp³-hybridized carbons (Fsp3) is 0.0227. The minimum absolute atomic E-state index is 0.413. The third kappa shape index (κ3) is 3.60. The molecule has 1 heterocycles. The summed E-state index contributed by atoms with van der Waals surface area (Å²) < 4.78 is 0. The lowest BCUT2D eigenvalue weighted by atomic mass is 9.69. The van der Waals surface area contributed by atoms with Crippen molar-refractivity contribution in [2.45, 2.75) is 5.41 Å². The fourth-order valence-electron chi connectivity index (χ4n) is 9.09. The molecule has 2 atom stereocenters. The van der Waals surface area contributed by atoms with E-state index in [4.69, 9.17) is 4.98 Å². The summed E-state index contributed by atoms with van der Waals surface area (Å²) in [5.74, 6) is 0. The van der Waals surface area contributed by atoms with Gasteiger partial charge in [0.25, 0.3) is 0 Å². The molecular weight excluding hydrogens is 635 g/mol. The highest BCUT2D eigenvalue weighted by atomic mass is 32.4. The molecule has 0 saturated carbocycles. The van der Waals surface area contributed by atoms with E-state index >= 15 is 0 Å². The maximum Gasteiger partial charge on any atom is 0.0780 e. The molecule has 2 unspecified atom stereocenters. The van der Waals surface area contributed by atoms with Crippen molar-refractivity contribution in [3.63, 3.8) is 0 Å². The van der Waals surface area contributed by atoms with Crippen LogP contribution in [-0.2, 0) is 5.41 Å². The molecule has 0 radical (unpaired) electrons. The molecule has 3 aliphatic carbocycles. The molecule has 3 aliphatic rings. The van der Waals surface area contributed by atoms with Crippen molar-refractivity contribution in [3.8, 4) is 55.6 Å². The van der Waals surface area contributed by atoms with Crippen LogP contribution in [0.4, 0.5) is 0 Å². The maximum atomic E-state index is 5.02. The van der Waals surface area contributed by atoms with Crippen LogP contribution >= 0.6 is 25.8 Å². The van der Waals surface area contributed by atoms with Gasteiger partial charge in [-0.05, 0) is 89.7 Å². The Morgan fingerprint density at radius 1 is 0.417 bits per heavy atom. The molecule has 1 spiro atoms. The molecule has 0 fully saturated rings. The van der Waals surface area contributed by atoms with Crippen LogP contribution < -0.4 is 0 Å². The third-order valence-electron chi connectivity index (χ3n) is 10.7. The molecule has 4 heteroatoms. The summed E-state index contributed by atoms with van der Waals surface area (Å²) in [5.41, 5.74) is 19.2. The van der Waals surface area contributed by atoms with E-state index in [9.17, 15) is 0 Å². The predicted molar refractivity (Wildman–Crippen MR) is 213 cm³/mol. The van der Waals surface area contributed by atoms with Crippen molar-refractivity contribution in [2.24, 2.45) is 0 Å². The number of hydrogen-bond acceptors (Lipinski definition) is 1. The molecule has 0 bridgehead atoms. The minimum atomic E-state index is -0.413. The topological polar surface area (TPSA) is 12.9 Å². The molecule has 8 aromatic rings. The first-order chi connectivity index (χ1) is 23.8. The quantitative estimate of drug-likeness (QED) is 0.159. The van der Waals surface area contributed by atoms with Gasteiger partial charge in [-0.15, -0.1) is 17.9 Å². The number of benzene rings is 7. The number of nitrogens with zero attached hydrogens (tertiary/aromatic N) is 1. The lowest BCUT2D eigenvalue weighted by Crippen LogP contribution is -2.26. The lowest BCUT2D eigenvalue weighted by Gasteiger charge is -2.31. The van der Waals surface area contributed by atoms with Crippen molar-refractivity contribution in [1.29, 1.82) is 0 Å². The van der Waals surface area contributed by atoms with Gasteiger partial charge in [0.1, 0.15) is 0 Å². The summed E-state index contributed by atoms with van der Waals surface area (Å²) in [4.78, 5) is 5.02. The monoisotopic (exact) mass is 665 g/mol. The highest BCUT2D eigenvalue weighted by Gasteiger charge is 2.53. The molecule has 48 heavy (non-hydrogen) atoms. The first kappa shape index (κ1) is 28.5. The van der Waals surface area contributed by atoms with Crippen molar-refractivity contribution in [1.82, 2.24) is 4.98 Å². The van der Waals surface area contributed by atoms with E-state index in [1.807, 2.05) is 12.3 Å². The Hall–Kier alpha value is -4.50. The summed E-state index contributed by atoms with van der Waals surface area (Å²) in [6.07, 6.45) is 1.93. The molecular formula is C44H30NP3. The van der Waals surface area contributed by atoms with Gasteiger partial charge >= 0.3 is 0 Å². The number of aromatic nitrogens is 1. The van der Waals surface area contributed by atoms with E-state index in [0.717, 1.165) is 18.9 Å². The van der Waals surface area contributed by atoms with E-state index in [-0.39, 0.29) is 0 Å². The van der Waals surface area contributed by atoms with E-state index < -0.39 is 5.41 Å². The minimum Gasteiger partial charge on any atom is -0.256 e. The van der Waals surface area contributed by atoms with Gasteiger partial charge in [-0.3, -0.25) is 4.98 Å². The number of pyridine rings is 1.